The largest absolute Gasteiger partial charge is 0.467 e. The van der Waals surface area contributed by atoms with Crippen molar-refractivity contribution in [2.45, 2.75) is 25.8 Å². The number of esters is 1. The Kier molecular flexibility index (Phi) is 5.39. The summed E-state index contributed by atoms with van der Waals surface area (Å²) in [5.41, 5.74) is 0.871. The maximum atomic E-state index is 12.7. The Labute approximate surface area is 142 Å². The number of allylic oxidation sites excluding steroid dienone is 1. The molecule has 1 heterocycles. The normalized spacial score (nSPS) is 22.1. The molecule has 0 radical (unpaired) electrons. The minimum absolute atomic E-state index is 0.200. The number of nitrogens with one attached hydrogen (secondary N) is 1. The first-order chi connectivity index (χ1) is 11.4. The molecular weight excluding hydrogens is 302 g/mol. The first-order valence-electron chi connectivity index (χ1n) is 7.95. The van der Waals surface area contributed by atoms with Crippen molar-refractivity contribution in [1.29, 1.82) is 0 Å². The van der Waals surface area contributed by atoms with Gasteiger partial charge in [0.25, 0.3) is 5.91 Å². The molecule has 2 rings (SSSR count). The maximum Gasteiger partial charge on any atom is 0.335 e. The lowest BCUT2D eigenvalue weighted by Crippen LogP contribution is -2.57. The van der Waals surface area contributed by atoms with Crippen molar-refractivity contribution >= 4 is 18.0 Å². The van der Waals surface area contributed by atoms with Crippen molar-refractivity contribution in [3.05, 3.63) is 65.8 Å². The zero-order valence-electron chi connectivity index (χ0n) is 14.3. The molecule has 4 heteroatoms. The number of carbonyl (C=O) groups is 2. The third-order valence-corrected chi connectivity index (χ3v) is 3.90. The van der Waals surface area contributed by atoms with Crippen LogP contribution in [0.15, 0.2) is 60.2 Å². The van der Waals surface area contributed by atoms with Crippen LogP contribution >= 0.6 is 0 Å². The van der Waals surface area contributed by atoms with E-state index in [1.807, 2.05) is 44.2 Å². The van der Waals surface area contributed by atoms with E-state index in [0.29, 0.717) is 17.6 Å². The molecular formula is C20H23NO3. The fourth-order valence-electron chi connectivity index (χ4n) is 2.94. The highest BCUT2D eigenvalue weighted by Gasteiger charge is 2.43. The van der Waals surface area contributed by atoms with E-state index >= 15 is 0 Å². The van der Waals surface area contributed by atoms with Crippen LogP contribution in [-0.2, 0) is 14.3 Å². The lowest BCUT2D eigenvalue weighted by atomic mass is 9.81. The first-order valence-corrected chi connectivity index (χ1v) is 7.95. The molecule has 1 aliphatic rings. The third kappa shape index (κ3) is 3.65. The van der Waals surface area contributed by atoms with Gasteiger partial charge < -0.3 is 10.1 Å². The minimum Gasteiger partial charge on any atom is -0.467 e. The fourth-order valence-corrected chi connectivity index (χ4v) is 2.94. The molecule has 0 aliphatic carbocycles. The second kappa shape index (κ2) is 7.30. The summed E-state index contributed by atoms with van der Waals surface area (Å²) in [5, 5.41) is 2.84. The van der Waals surface area contributed by atoms with Crippen LogP contribution < -0.4 is 5.32 Å². The zero-order valence-corrected chi connectivity index (χ0v) is 14.3. The van der Waals surface area contributed by atoms with Gasteiger partial charge in [-0.15, -0.1) is 0 Å². The number of rotatable bonds is 5. The summed E-state index contributed by atoms with van der Waals surface area (Å²) in [7, 11) is 1.33. The summed E-state index contributed by atoms with van der Waals surface area (Å²) in [5.74, 6) is -0.573. The van der Waals surface area contributed by atoms with E-state index in [4.69, 9.17) is 4.74 Å². The average Bonchev–Trinajstić information content (AvgIpc) is 2.56. The van der Waals surface area contributed by atoms with Crippen molar-refractivity contribution in [3.63, 3.8) is 0 Å². The molecule has 4 nitrogen and oxygen atoms in total. The molecule has 1 amide bonds. The summed E-state index contributed by atoms with van der Waals surface area (Å²) in [4.78, 5) is 25.1. The van der Waals surface area contributed by atoms with Gasteiger partial charge in [0.05, 0.1) is 7.11 Å². The SMILES string of the molecule is C=CC1=CC(CC(C)C)(C(=O)OC)NC(=O)/C1=C\c1ccccc1. The van der Waals surface area contributed by atoms with E-state index in [2.05, 4.69) is 11.9 Å². The van der Waals surface area contributed by atoms with Crippen LogP contribution in [0.4, 0.5) is 0 Å². The van der Waals surface area contributed by atoms with Gasteiger partial charge >= 0.3 is 5.97 Å². The number of carbonyl (C=O) groups excluding carboxylic acids is 2. The van der Waals surface area contributed by atoms with Crippen molar-refractivity contribution in [2.75, 3.05) is 7.11 Å². The molecule has 1 aromatic rings. The minimum atomic E-state index is -1.16. The van der Waals surface area contributed by atoms with Crippen molar-refractivity contribution in [1.82, 2.24) is 5.32 Å². The van der Waals surface area contributed by atoms with Crippen LogP contribution in [0.5, 0.6) is 0 Å². The summed E-state index contributed by atoms with van der Waals surface area (Å²) in [6.45, 7) is 7.79. The van der Waals surface area contributed by atoms with Crippen LogP contribution in [0.2, 0.25) is 0 Å². The Morgan fingerprint density at radius 3 is 2.54 bits per heavy atom. The molecule has 0 aromatic heterocycles. The van der Waals surface area contributed by atoms with Crippen LogP contribution in [0, 0.1) is 5.92 Å². The van der Waals surface area contributed by atoms with Gasteiger partial charge in [0.15, 0.2) is 5.54 Å². The molecule has 1 aromatic carbocycles. The Bertz CT molecular complexity index is 701. The highest BCUT2D eigenvalue weighted by Crippen LogP contribution is 2.30. The number of hydrogen-bond donors (Lipinski definition) is 1. The van der Waals surface area contributed by atoms with Crippen LogP contribution in [0.25, 0.3) is 6.08 Å². The molecule has 0 fully saturated rings. The first kappa shape index (κ1) is 17.7. The molecule has 1 atom stereocenters. The Morgan fingerprint density at radius 1 is 1.33 bits per heavy atom. The predicted molar refractivity (Wildman–Crippen MR) is 95.0 cm³/mol. The average molecular weight is 325 g/mol. The molecule has 1 aliphatic heterocycles. The molecule has 24 heavy (non-hydrogen) atoms. The molecule has 0 saturated carbocycles. The number of amides is 1. The van der Waals surface area contributed by atoms with E-state index in [1.165, 1.54) is 7.11 Å². The molecule has 0 saturated heterocycles. The van der Waals surface area contributed by atoms with Gasteiger partial charge in [-0.1, -0.05) is 56.8 Å². The van der Waals surface area contributed by atoms with Crippen LogP contribution in [0.3, 0.4) is 0 Å². The standard InChI is InChI=1S/C20H23NO3/c1-5-16-13-20(12-14(2)3,19(23)24-4)21-18(22)17(16)11-15-9-7-6-8-10-15/h5-11,13-14H,1,12H2,2-4H3,(H,21,22)/b17-11-. The third-order valence-electron chi connectivity index (χ3n) is 3.90. The quantitative estimate of drug-likeness (QED) is 0.668. The zero-order chi connectivity index (χ0) is 17.7. The molecule has 126 valence electrons. The van der Waals surface area contributed by atoms with Crippen molar-refractivity contribution < 1.29 is 14.3 Å². The van der Waals surface area contributed by atoms with Crippen LogP contribution in [0.1, 0.15) is 25.8 Å². The van der Waals surface area contributed by atoms with Crippen LogP contribution in [-0.4, -0.2) is 24.5 Å². The Morgan fingerprint density at radius 2 is 2.00 bits per heavy atom. The lowest BCUT2D eigenvalue weighted by molar-refractivity contribution is -0.149. The van der Waals surface area contributed by atoms with Gasteiger partial charge in [-0.05, 0) is 35.6 Å². The smallest absolute Gasteiger partial charge is 0.335 e. The monoisotopic (exact) mass is 325 g/mol. The Balaban J connectivity index is 2.53. The summed E-state index contributed by atoms with van der Waals surface area (Å²) in [6, 6.07) is 9.55. The topological polar surface area (TPSA) is 55.4 Å². The van der Waals surface area contributed by atoms with Gasteiger partial charge in [0.2, 0.25) is 0 Å². The van der Waals surface area contributed by atoms with Gasteiger partial charge in [0.1, 0.15) is 0 Å². The molecule has 1 N–H and O–H groups in total. The number of methoxy groups -OCH3 is 1. The van der Waals surface area contributed by atoms with Crippen molar-refractivity contribution in [2.24, 2.45) is 5.92 Å². The second-order valence-corrected chi connectivity index (χ2v) is 6.29. The summed E-state index contributed by atoms with van der Waals surface area (Å²) >= 11 is 0. The van der Waals surface area contributed by atoms with Crippen molar-refractivity contribution in [3.8, 4) is 0 Å². The van der Waals surface area contributed by atoms with E-state index < -0.39 is 11.5 Å². The van der Waals surface area contributed by atoms with E-state index in [-0.39, 0.29) is 11.8 Å². The summed E-state index contributed by atoms with van der Waals surface area (Å²) < 4.78 is 4.94. The highest BCUT2D eigenvalue weighted by atomic mass is 16.5. The van der Waals surface area contributed by atoms with Gasteiger partial charge in [-0.2, -0.15) is 0 Å². The molecule has 0 bridgehead atoms. The number of benzene rings is 1. The molecule has 1 unspecified atom stereocenters. The summed E-state index contributed by atoms with van der Waals surface area (Å²) in [6.07, 6.45) is 5.61. The molecule has 0 spiro atoms. The second-order valence-electron chi connectivity index (χ2n) is 6.29. The van der Waals surface area contributed by atoms with Gasteiger partial charge in [-0.25, -0.2) is 4.79 Å². The number of hydrogen-bond acceptors (Lipinski definition) is 3. The maximum absolute atomic E-state index is 12.7. The Hall–Kier alpha value is -2.62. The van der Waals surface area contributed by atoms with Gasteiger partial charge in [-0.3, -0.25) is 4.79 Å². The van der Waals surface area contributed by atoms with Gasteiger partial charge in [0, 0.05) is 5.57 Å². The van der Waals surface area contributed by atoms with E-state index in [0.717, 1.165) is 5.56 Å². The van der Waals surface area contributed by atoms with E-state index in [9.17, 15) is 9.59 Å². The predicted octanol–water partition coefficient (Wildman–Crippen LogP) is 3.27. The fraction of sp³-hybridized carbons (Fsp3) is 0.300. The van der Waals surface area contributed by atoms with E-state index in [1.54, 1.807) is 18.2 Å². The highest BCUT2D eigenvalue weighted by molar-refractivity contribution is 6.08. The number of ether oxygens (including phenoxy) is 1. The lowest BCUT2D eigenvalue weighted by Gasteiger charge is -2.35.